The van der Waals surface area contributed by atoms with E-state index in [1.165, 1.54) is 16.7 Å². The molecule has 0 radical (unpaired) electrons. The SMILES string of the molecule is O=C1[C@H]2[C@H](c3cccc(Oc4ccccc4)c3)c3sc(=O)[nH]c3S[C@H]2C(=O)N1c1ccccc1. The molecule has 3 heterocycles. The maximum absolute atomic E-state index is 13.7. The summed E-state index contributed by atoms with van der Waals surface area (Å²) >= 11 is 2.37. The molecular weight excluding hydrogens is 468 g/mol. The van der Waals surface area contributed by atoms with E-state index in [2.05, 4.69) is 4.98 Å². The van der Waals surface area contributed by atoms with Gasteiger partial charge in [0.1, 0.15) is 16.7 Å². The third kappa shape index (κ3) is 3.46. The summed E-state index contributed by atoms with van der Waals surface area (Å²) < 4.78 is 6.02. The first-order valence-corrected chi connectivity index (χ1v) is 12.4. The number of H-pyrrole nitrogens is 1. The van der Waals surface area contributed by atoms with Gasteiger partial charge in [-0.2, -0.15) is 0 Å². The number of benzene rings is 3. The van der Waals surface area contributed by atoms with Gasteiger partial charge < -0.3 is 9.72 Å². The Balaban J connectivity index is 1.44. The molecule has 168 valence electrons. The highest BCUT2D eigenvalue weighted by atomic mass is 32.2. The second-order valence-electron chi connectivity index (χ2n) is 8.08. The Hall–Kier alpha value is -3.62. The molecular formula is C26H18N2O4S2. The molecule has 2 aliphatic rings. The number of aromatic nitrogens is 1. The lowest BCUT2D eigenvalue weighted by Crippen LogP contribution is -2.32. The number of thioether (sulfide) groups is 1. The Morgan fingerprint density at radius 3 is 2.26 bits per heavy atom. The van der Waals surface area contributed by atoms with Crippen LogP contribution >= 0.6 is 23.1 Å². The van der Waals surface area contributed by atoms with Crippen LogP contribution in [-0.4, -0.2) is 22.0 Å². The summed E-state index contributed by atoms with van der Waals surface area (Å²) in [7, 11) is 0. The fraction of sp³-hybridized carbons (Fsp3) is 0.115. The number of anilines is 1. The summed E-state index contributed by atoms with van der Waals surface area (Å²) in [5.41, 5.74) is 1.39. The molecule has 1 saturated heterocycles. The standard InChI is InChI=1S/C26H18N2O4S2/c29-24-20-19(15-8-7-13-18(14-15)32-17-11-5-2-6-12-17)21-23(27-26(31)34-21)33-22(20)25(30)28(24)16-9-3-1-4-10-16/h1-14,19-20,22H,(H,27,31)/t19-,20-,22+/m0/s1. The number of para-hydroxylation sites is 2. The van der Waals surface area contributed by atoms with Crippen molar-refractivity contribution >= 4 is 40.6 Å². The zero-order chi connectivity index (χ0) is 23.2. The first kappa shape index (κ1) is 20.9. The number of thiazole rings is 1. The van der Waals surface area contributed by atoms with Gasteiger partial charge in [0.25, 0.3) is 0 Å². The molecule has 8 heteroatoms. The average Bonchev–Trinajstić information content (AvgIpc) is 3.35. The summed E-state index contributed by atoms with van der Waals surface area (Å²) in [6, 6.07) is 26.0. The molecule has 6 rings (SSSR count). The molecule has 3 aromatic carbocycles. The first-order chi connectivity index (χ1) is 16.6. The van der Waals surface area contributed by atoms with Gasteiger partial charge in [-0.15, -0.1) is 0 Å². The molecule has 0 bridgehead atoms. The van der Waals surface area contributed by atoms with Gasteiger partial charge in [0.2, 0.25) is 11.8 Å². The van der Waals surface area contributed by atoms with E-state index in [0.29, 0.717) is 22.2 Å². The molecule has 4 aromatic rings. The van der Waals surface area contributed by atoms with E-state index in [4.69, 9.17) is 4.74 Å². The fourth-order valence-electron chi connectivity index (χ4n) is 4.60. The summed E-state index contributed by atoms with van der Waals surface area (Å²) in [6.07, 6.45) is 0. The Labute approximate surface area is 203 Å². The summed E-state index contributed by atoms with van der Waals surface area (Å²) in [5.74, 6) is -0.242. The van der Waals surface area contributed by atoms with Crippen molar-refractivity contribution < 1.29 is 14.3 Å². The number of nitrogens with zero attached hydrogens (tertiary/aromatic N) is 1. The largest absolute Gasteiger partial charge is 0.457 e. The number of amides is 2. The molecule has 34 heavy (non-hydrogen) atoms. The smallest absolute Gasteiger partial charge is 0.305 e. The quantitative estimate of drug-likeness (QED) is 0.410. The summed E-state index contributed by atoms with van der Waals surface area (Å²) in [6.45, 7) is 0. The molecule has 0 saturated carbocycles. The van der Waals surface area contributed by atoms with Gasteiger partial charge in [0.15, 0.2) is 0 Å². The molecule has 2 aliphatic heterocycles. The van der Waals surface area contributed by atoms with E-state index in [1.54, 1.807) is 24.3 Å². The van der Waals surface area contributed by atoms with Gasteiger partial charge in [-0.1, -0.05) is 71.6 Å². The lowest BCUT2D eigenvalue weighted by atomic mass is 9.83. The molecule has 0 spiro atoms. The van der Waals surface area contributed by atoms with Crippen molar-refractivity contribution in [2.75, 3.05) is 4.90 Å². The normalized spacial score (nSPS) is 21.3. The van der Waals surface area contributed by atoms with Crippen LogP contribution in [0.25, 0.3) is 0 Å². The van der Waals surface area contributed by atoms with Gasteiger partial charge in [-0.05, 0) is 42.0 Å². The number of aromatic amines is 1. The number of ether oxygens (including phenoxy) is 1. The van der Waals surface area contributed by atoms with Crippen LogP contribution in [0.1, 0.15) is 16.4 Å². The molecule has 0 unspecified atom stereocenters. The van der Waals surface area contributed by atoms with E-state index in [-0.39, 0.29) is 16.7 Å². The van der Waals surface area contributed by atoms with E-state index >= 15 is 0 Å². The molecule has 0 aliphatic carbocycles. The molecule has 1 fully saturated rings. The minimum atomic E-state index is -0.622. The predicted molar refractivity (Wildman–Crippen MR) is 132 cm³/mol. The Morgan fingerprint density at radius 2 is 1.50 bits per heavy atom. The number of rotatable bonds is 4. The molecule has 6 nitrogen and oxygen atoms in total. The van der Waals surface area contributed by atoms with E-state index in [0.717, 1.165) is 21.8 Å². The third-order valence-corrected chi connectivity index (χ3v) is 8.44. The van der Waals surface area contributed by atoms with E-state index < -0.39 is 17.1 Å². The number of imide groups is 1. The van der Waals surface area contributed by atoms with Crippen LogP contribution in [0.3, 0.4) is 0 Å². The number of hydrogen-bond acceptors (Lipinski definition) is 6. The molecule has 1 N–H and O–H groups in total. The van der Waals surface area contributed by atoms with Crippen molar-refractivity contribution in [3.63, 3.8) is 0 Å². The third-order valence-electron chi connectivity index (χ3n) is 6.03. The maximum Gasteiger partial charge on any atom is 0.305 e. The number of hydrogen-bond donors (Lipinski definition) is 1. The predicted octanol–water partition coefficient (Wildman–Crippen LogP) is 5.02. The number of carbonyl (C=O) groups excluding carboxylic acids is 2. The van der Waals surface area contributed by atoms with Crippen LogP contribution in [0, 0.1) is 5.92 Å². The van der Waals surface area contributed by atoms with Gasteiger partial charge in [0, 0.05) is 10.8 Å². The van der Waals surface area contributed by atoms with Crippen LogP contribution in [0.15, 0.2) is 94.7 Å². The van der Waals surface area contributed by atoms with E-state index in [1.807, 2.05) is 60.7 Å². The molecule has 2 amide bonds. The minimum Gasteiger partial charge on any atom is -0.457 e. The van der Waals surface area contributed by atoms with Crippen molar-refractivity contribution in [1.29, 1.82) is 0 Å². The van der Waals surface area contributed by atoms with Crippen LogP contribution in [0.5, 0.6) is 11.5 Å². The second kappa shape index (κ2) is 8.30. The highest BCUT2D eigenvalue weighted by Crippen LogP contribution is 2.53. The van der Waals surface area contributed by atoms with Gasteiger partial charge in [-0.25, -0.2) is 4.90 Å². The lowest BCUT2D eigenvalue weighted by Gasteiger charge is -2.30. The average molecular weight is 487 g/mol. The van der Waals surface area contributed by atoms with Gasteiger partial charge >= 0.3 is 4.87 Å². The molecule has 1 aromatic heterocycles. The van der Waals surface area contributed by atoms with Crippen LogP contribution in [-0.2, 0) is 9.59 Å². The highest BCUT2D eigenvalue weighted by Gasteiger charge is 2.56. The van der Waals surface area contributed by atoms with Crippen LogP contribution in [0.4, 0.5) is 5.69 Å². The number of nitrogens with one attached hydrogen (secondary N) is 1. The maximum atomic E-state index is 13.7. The first-order valence-electron chi connectivity index (χ1n) is 10.8. The lowest BCUT2D eigenvalue weighted by molar-refractivity contribution is -0.122. The Bertz CT molecular complexity index is 1450. The molecule has 3 atom stereocenters. The zero-order valence-corrected chi connectivity index (χ0v) is 19.3. The van der Waals surface area contributed by atoms with Crippen molar-refractivity contribution in [2.45, 2.75) is 16.2 Å². The van der Waals surface area contributed by atoms with Crippen LogP contribution < -0.4 is 14.5 Å². The highest BCUT2D eigenvalue weighted by molar-refractivity contribution is 8.00. The van der Waals surface area contributed by atoms with Crippen molar-refractivity contribution in [1.82, 2.24) is 4.98 Å². The van der Waals surface area contributed by atoms with E-state index in [9.17, 15) is 14.4 Å². The van der Waals surface area contributed by atoms with Crippen molar-refractivity contribution in [2.24, 2.45) is 5.92 Å². The number of fused-ring (bicyclic) bond motifs is 2. The van der Waals surface area contributed by atoms with Crippen molar-refractivity contribution in [3.05, 3.63) is 105 Å². The fourth-order valence-corrected chi connectivity index (χ4v) is 7.12. The Kier molecular flexibility index (Phi) is 5.12. The van der Waals surface area contributed by atoms with Gasteiger partial charge in [0.05, 0.1) is 16.6 Å². The topological polar surface area (TPSA) is 79.5 Å². The second-order valence-corrected chi connectivity index (χ2v) is 10.3. The Morgan fingerprint density at radius 1 is 0.794 bits per heavy atom. The van der Waals surface area contributed by atoms with Crippen molar-refractivity contribution in [3.8, 4) is 11.5 Å². The van der Waals surface area contributed by atoms with Gasteiger partial charge in [-0.3, -0.25) is 14.4 Å². The zero-order valence-electron chi connectivity index (χ0n) is 17.7. The van der Waals surface area contributed by atoms with Crippen LogP contribution in [0.2, 0.25) is 0 Å². The summed E-state index contributed by atoms with van der Waals surface area (Å²) in [4.78, 5) is 44.1. The summed E-state index contributed by atoms with van der Waals surface area (Å²) in [5, 5.41) is 0.0425. The minimum absolute atomic E-state index is 0.195. The monoisotopic (exact) mass is 486 g/mol. The number of carbonyl (C=O) groups is 2.